The summed E-state index contributed by atoms with van der Waals surface area (Å²) in [5.74, 6) is -0.857. The Morgan fingerprint density at radius 3 is 2.35 bits per heavy atom. The zero-order valence-corrected chi connectivity index (χ0v) is 14.1. The molecule has 6 heteroatoms. The van der Waals surface area contributed by atoms with Crippen LogP contribution in [0, 0.1) is 11.2 Å². The Bertz CT molecular complexity index is 524. The first kappa shape index (κ1) is 19.1. The van der Waals surface area contributed by atoms with E-state index in [0.29, 0.717) is 0 Å². The van der Waals surface area contributed by atoms with Gasteiger partial charge in [-0.05, 0) is 23.1 Å². The summed E-state index contributed by atoms with van der Waals surface area (Å²) in [5, 5.41) is 5.85. The fraction of sp³-hybridized carbons (Fsp3) is 0.529. The van der Waals surface area contributed by atoms with Gasteiger partial charge in [-0.15, -0.1) is 0 Å². The third-order valence-electron chi connectivity index (χ3n) is 3.42. The second-order valence-corrected chi connectivity index (χ2v) is 6.41. The molecule has 2 N–H and O–H groups in total. The number of amides is 1. The monoisotopic (exact) mass is 324 g/mol. The van der Waals surface area contributed by atoms with Gasteiger partial charge < -0.3 is 15.4 Å². The van der Waals surface area contributed by atoms with E-state index in [1.54, 1.807) is 12.1 Å². The van der Waals surface area contributed by atoms with Crippen molar-refractivity contribution in [3.8, 4) is 0 Å². The van der Waals surface area contributed by atoms with Gasteiger partial charge in [0.25, 0.3) is 0 Å². The second-order valence-electron chi connectivity index (χ2n) is 6.41. The van der Waals surface area contributed by atoms with Crippen molar-refractivity contribution in [2.24, 2.45) is 5.41 Å². The molecule has 0 heterocycles. The van der Waals surface area contributed by atoms with Crippen LogP contribution in [0.4, 0.5) is 4.39 Å². The van der Waals surface area contributed by atoms with E-state index in [1.165, 1.54) is 19.2 Å². The van der Waals surface area contributed by atoms with Crippen LogP contribution in [0.1, 0.15) is 38.8 Å². The van der Waals surface area contributed by atoms with Gasteiger partial charge in [-0.25, -0.2) is 4.39 Å². The fourth-order valence-corrected chi connectivity index (χ4v) is 2.24. The highest BCUT2D eigenvalue weighted by molar-refractivity contribution is 5.78. The number of nitrogens with one attached hydrogen (secondary N) is 2. The van der Waals surface area contributed by atoms with Crippen molar-refractivity contribution in [3.63, 3.8) is 0 Å². The summed E-state index contributed by atoms with van der Waals surface area (Å²) >= 11 is 0. The zero-order chi connectivity index (χ0) is 17.5. The van der Waals surface area contributed by atoms with Crippen molar-refractivity contribution < 1.29 is 18.7 Å². The van der Waals surface area contributed by atoms with E-state index < -0.39 is 0 Å². The summed E-state index contributed by atoms with van der Waals surface area (Å²) in [6.07, 6.45) is 0.142. The van der Waals surface area contributed by atoms with Crippen LogP contribution >= 0.6 is 0 Å². The molecule has 1 unspecified atom stereocenters. The lowest BCUT2D eigenvalue weighted by Gasteiger charge is -2.32. The summed E-state index contributed by atoms with van der Waals surface area (Å²) < 4.78 is 17.6. The van der Waals surface area contributed by atoms with Crippen molar-refractivity contribution in [3.05, 3.63) is 35.6 Å². The lowest BCUT2D eigenvalue weighted by atomic mass is 9.82. The van der Waals surface area contributed by atoms with Gasteiger partial charge in [-0.3, -0.25) is 9.59 Å². The molecular formula is C17H25FN2O3. The van der Waals surface area contributed by atoms with Gasteiger partial charge in [-0.1, -0.05) is 32.9 Å². The Kier molecular flexibility index (Phi) is 7.16. The van der Waals surface area contributed by atoms with Crippen LogP contribution in [0.3, 0.4) is 0 Å². The summed E-state index contributed by atoms with van der Waals surface area (Å²) in [6.45, 7) is 6.49. The van der Waals surface area contributed by atoms with Crippen LogP contribution < -0.4 is 10.6 Å². The summed E-state index contributed by atoms with van der Waals surface area (Å²) in [6, 6.07) is 6.15. The number of methoxy groups -OCH3 is 1. The highest BCUT2D eigenvalue weighted by Gasteiger charge is 2.26. The number of ether oxygens (including phenoxy) is 1. The fourth-order valence-electron chi connectivity index (χ4n) is 2.24. The topological polar surface area (TPSA) is 67.4 Å². The van der Waals surface area contributed by atoms with Gasteiger partial charge in [0.1, 0.15) is 5.82 Å². The van der Waals surface area contributed by atoms with E-state index in [-0.39, 0.29) is 48.7 Å². The van der Waals surface area contributed by atoms with Gasteiger partial charge in [0.15, 0.2) is 0 Å². The number of hydrogen-bond acceptors (Lipinski definition) is 4. The maximum Gasteiger partial charge on any atom is 0.307 e. The second kappa shape index (κ2) is 8.62. The lowest BCUT2D eigenvalue weighted by Crippen LogP contribution is -2.40. The Balaban J connectivity index is 2.57. The van der Waals surface area contributed by atoms with Crippen LogP contribution in [-0.2, 0) is 14.3 Å². The van der Waals surface area contributed by atoms with E-state index in [1.807, 2.05) is 20.8 Å². The third kappa shape index (κ3) is 6.78. The number of rotatable bonds is 7. The van der Waals surface area contributed by atoms with Crippen LogP contribution in [0.2, 0.25) is 0 Å². The van der Waals surface area contributed by atoms with Crippen molar-refractivity contribution >= 4 is 11.9 Å². The Hall–Kier alpha value is -1.95. The minimum Gasteiger partial charge on any atom is -0.469 e. The molecule has 0 bridgehead atoms. The smallest absolute Gasteiger partial charge is 0.307 e. The first-order chi connectivity index (χ1) is 10.7. The van der Waals surface area contributed by atoms with Crippen molar-refractivity contribution in [2.75, 3.05) is 20.2 Å². The molecule has 0 radical (unpaired) electrons. The predicted molar refractivity (Wildman–Crippen MR) is 86.2 cm³/mol. The zero-order valence-electron chi connectivity index (χ0n) is 14.1. The molecule has 0 aliphatic heterocycles. The molecular weight excluding hydrogens is 299 g/mol. The molecule has 1 amide bonds. The molecule has 0 aromatic heterocycles. The normalized spacial score (nSPS) is 12.6. The number of benzene rings is 1. The Morgan fingerprint density at radius 2 is 1.83 bits per heavy atom. The van der Waals surface area contributed by atoms with Crippen LogP contribution in [0.15, 0.2) is 24.3 Å². The van der Waals surface area contributed by atoms with Crippen LogP contribution in [-0.4, -0.2) is 32.1 Å². The number of carbonyl (C=O) groups is 2. The highest BCUT2D eigenvalue weighted by Crippen LogP contribution is 2.32. The van der Waals surface area contributed by atoms with Crippen molar-refractivity contribution in [2.45, 2.75) is 33.2 Å². The minimum absolute atomic E-state index is 0.102. The molecule has 1 aromatic carbocycles. The predicted octanol–water partition coefficient (Wildman–Crippen LogP) is 2.18. The minimum atomic E-state index is -0.364. The van der Waals surface area contributed by atoms with E-state index in [9.17, 15) is 14.0 Å². The Morgan fingerprint density at radius 1 is 1.22 bits per heavy atom. The molecule has 0 aliphatic rings. The lowest BCUT2D eigenvalue weighted by molar-refractivity contribution is -0.140. The van der Waals surface area contributed by atoms with Gasteiger partial charge in [0.2, 0.25) is 5.91 Å². The average Bonchev–Trinajstić information content (AvgIpc) is 2.47. The van der Waals surface area contributed by atoms with Gasteiger partial charge in [-0.2, -0.15) is 0 Å². The molecule has 1 aromatic rings. The first-order valence-corrected chi connectivity index (χ1v) is 7.56. The molecule has 1 atom stereocenters. The highest BCUT2D eigenvalue weighted by atomic mass is 19.1. The van der Waals surface area contributed by atoms with Gasteiger partial charge >= 0.3 is 5.97 Å². The SMILES string of the molecule is COC(=O)CCNC(=O)CNC(c1ccc(F)cc1)C(C)(C)C. The van der Waals surface area contributed by atoms with Gasteiger partial charge in [0, 0.05) is 12.6 Å². The number of esters is 1. The van der Waals surface area contributed by atoms with Crippen molar-refractivity contribution in [1.82, 2.24) is 10.6 Å². The standard InChI is InChI=1S/C17H25FN2O3/c1-17(2,3)16(12-5-7-13(18)8-6-12)20-11-14(21)19-10-9-15(22)23-4/h5-8,16,20H,9-11H2,1-4H3,(H,19,21). The van der Waals surface area contributed by atoms with E-state index >= 15 is 0 Å². The quantitative estimate of drug-likeness (QED) is 0.755. The molecule has 128 valence electrons. The average molecular weight is 324 g/mol. The maximum atomic E-state index is 13.1. The van der Waals surface area contributed by atoms with Crippen molar-refractivity contribution in [1.29, 1.82) is 0 Å². The summed E-state index contributed by atoms with van der Waals surface area (Å²) in [7, 11) is 1.31. The molecule has 23 heavy (non-hydrogen) atoms. The first-order valence-electron chi connectivity index (χ1n) is 7.56. The number of halogens is 1. The molecule has 1 rings (SSSR count). The molecule has 0 spiro atoms. The summed E-state index contributed by atoms with van der Waals surface area (Å²) in [4.78, 5) is 22.8. The molecule has 0 fully saturated rings. The number of carbonyl (C=O) groups excluding carboxylic acids is 2. The van der Waals surface area contributed by atoms with Crippen LogP contribution in [0.5, 0.6) is 0 Å². The molecule has 5 nitrogen and oxygen atoms in total. The molecule has 0 aliphatic carbocycles. The molecule has 0 saturated heterocycles. The van der Waals surface area contributed by atoms with Gasteiger partial charge in [0.05, 0.1) is 20.1 Å². The third-order valence-corrected chi connectivity index (χ3v) is 3.42. The number of hydrogen-bond donors (Lipinski definition) is 2. The van der Waals surface area contributed by atoms with E-state index in [2.05, 4.69) is 15.4 Å². The molecule has 0 saturated carbocycles. The largest absolute Gasteiger partial charge is 0.469 e. The van der Waals surface area contributed by atoms with E-state index in [4.69, 9.17) is 0 Å². The summed E-state index contributed by atoms with van der Waals surface area (Å²) in [5.41, 5.74) is 0.769. The maximum absolute atomic E-state index is 13.1. The van der Waals surface area contributed by atoms with E-state index in [0.717, 1.165) is 5.56 Å². The Labute approximate surface area is 136 Å². The van der Waals surface area contributed by atoms with Crippen LogP contribution in [0.25, 0.3) is 0 Å².